The number of nitrogens with two attached hydrogens (primary N) is 1. The molecule has 4 heteroatoms. The molecule has 150 valence electrons. The van der Waals surface area contributed by atoms with Crippen LogP contribution in [-0.4, -0.2) is 29.7 Å². The number of hydrogen-bond donors (Lipinski definition) is 1. The summed E-state index contributed by atoms with van der Waals surface area (Å²) in [5.41, 5.74) is 4.12. The molecule has 0 fully saturated rings. The summed E-state index contributed by atoms with van der Waals surface area (Å²) in [6.45, 7) is 6.38. The summed E-state index contributed by atoms with van der Waals surface area (Å²) < 4.78 is 6.42. The van der Waals surface area contributed by atoms with Gasteiger partial charge < -0.3 is 4.74 Å². The SMILES string of the molecule is CCN(CC)C1C=CC2=Nc3c(cc([NH2+]c4ccccc4)c4ccccc34)OC2=C1. The molecule has 1 unspecified atom stereocenters. The molecule has 3 aromatic rings. The van der Waals surface area contributed by atoms with Crippen molar-refractivity contribution in [3.8, 4) is 5.75 Å². The minimum Gasteiger partial charge on any atom is -0.453 e. The summed E-state index contributed by atoms with van der Waals surface area (Å²) in [7, 11) is 0. The lowest BCUT2D eigenvalue weighted by Gasteiger charge is -2.29. The molecule has 30 heavy (non-hydrogen) atoms. The number of likely N-dealkylation sites (N-methyl/N-ethyl adjacent to an activating group) is 1. The molecule has 2 N–H and O–H groups in total. The van der Waals surface area contributed by atoms with Crippen molar-refractivity contribution >= 4 is 33.5 Å². The molecule has 0 saturated carbocycles. The van der Waals surface area contributed by atoms with Crippen LogP contribution in [0, 0.1) is 0 Å². The van der Waals surface area contributed by atoms with Gasteiger partial charge in [0.1, 0.15) is 22.8 Å². The molecule has 1 aliphatic carbocycles. The van der Waals surface area contributed by atoms with Crippen molar-refractivity contribution in [2.24, 2.45) is 4.99 Å². The van der Waals surface area contributed by atoms with Crippen LogP contribution >= 0.6 is 0 Å². The van der Waals surface area contributed by atoms with Gasteiger partial charge in [-0.05, 0) is 43.4 Å². The third kappa shape index (κ3) is 3.34. The number of fused-ring (bicyclic) bond motifs is 4. The lowest BCUT2D eigenvalue weighted by atomic mass is 10.0. The van der Waals surface area contributed by atoms with Crippen molar-refractivity contribution in [3.05, 3.63) is 84.7 Å². The lowest BCUT2D eigenvalue weighted by molar-refractivity contribution is -0.476. The molecule has 5 rings (SSSR count). The van der Waals surface area contributed by atoms with Crippen LogP contribution in [0.1, 0.15) is 13.8 Å². The van der Waals surface area contributed by atoms with Gasteiger partial charge >= 0.3 is 0 Å². The lowest BCUT2D eigenvalue weighted by Crippen LogP contribution is -2.71. The molecule has 0 spiro atoms. The van der Waals surface area contributed by atoms with E-state index in [1.165, 1.54) is 11.1 Å². The molecule has 0 saturated heterocycles. The molecule has 4 nitrogen and oxygen atoms in total. The summed E-state index contributed by atoms with van der Waals surface area (Å²) in [6, 6.07) is 21.2. The fraction of sp³-hybridized carbons (Fsp3) is 0.192. The summed E-state index contributed by atoms with van der Waals surface area (Å²) in [5.74, 6) is 1.67. The fourth-order valence-corrected chi connectivity index (χ4v) is 4.26. The van der Waals surface area contributed by atoms with Crippen LogP contribution in [0.2, 0.25) is 0 Å². The Bertz CT molecular complexity index is 1170. The van der Waals surface area contributed by atoms with Crippen LogP contribution in [0.5, 0.6) is 5.75 Å². The molecule has 0 aromatic heterocycles. The van der Waals surface area contributed by atoms with Crippen LogP contribution in [0.15, 0.2) is 89.6 Å². The highest BCUT2D eigenvalue weighted by Gasteiger charge is 2.26. The summed E-state index contributed by atoms with van der Waals surface area (Å²) in [4.78, 5) is 7.39. The molecule has 3 aromatic carbocycles. The Morgan fingerprint density at radius 2 is 1.70 bits per heavy atom. The molecule has 0 radical (unpaired) electrons. The average Bonchev–Trinajstić information content (AvgIpc) is 2.79. The minimum atomic E-state index is 0.242. The van der Waals surface area contributed by atoms with Gasteiger partial charge in [-0.2, -0.15) is 0 Å². The number of benzene rings is 3. The number of aliphatic imine (C=N–C) groups is 1. The molecular weight excluding hydrogens is 370 g/mol. The van der Waals surface area contributed by atoms with E-state index in [2.05, 4.69) is 96.9 Å². The monoisotopic (exact) mass is 396 g/mol. The quantitative estimate of drug-likeness (QED) is 0.617. The van der Waals surface area contributed by atoms with Gasteiger partial charge in [0.2, 0.25) is 0 Å². The predicted octanol–water partition coefficient (Wildman–Crippen LogP) is 5.00. The van der Waals surface area contributed by atoms with Crippen molar-refractivity contribution < 1.29 is 10.1 Å². The van der Waals surface area contributed by atoms with Gasteiger partial charge in [0.05, 0.1) is 6.04 Å². The number of ether oxygens (including phenoxy) is 1. The van der Waals surface area contributed by atoms with Crippen molar-refractivity contribution in [2.45, 2.75) is 19.9 Å². The Hall–Kier alpha value is -3.21. The third-order valence-corrected chi connectivity index (χ3v) is 5.85. The minimum absolute atomic E-state index is 0.242. The van der Waals surface area contributed by atoms with Crippen LogP contribution < -0.4 is 10.1 Å². The normalized spacial score (nSPS) is 17.2. The van der Waals surface area contributed by atoms with E-state index in [9.17, 15) is 0 Å². The van der Waals surface area contributed by atoms with E-state index in [-0.39, 0.29) is 6.04 Å². The summed E-state index contributed by atoms with van der Waals surface area (Å²) in [6.07, 6.45) is 6.49. The van der Waals surface area contributed by atoms with E-state index < -0.39 is 0 Å². The first-order chi connectivity index (χ1) is 14.8. The first-order valence-electron chi connectivity index (χ1n) is 10.6. The van der Waals surface area contributed by atoms with Gasteiger partial charge in [-0.15, -0.1) is 0 Å². The smallest absolute Gasteiger partial charge is 0.159 e. The first-order valence-corrected chi connectivity index (χ1v) is 10.6. The van der Waals surface area contributed by atoms with Crippen molar-refractivity contribution in [1.29, 1.82) is 0 Å². The second-order valence-electron chi connectivity index (χ2n) is 7.61. The summed E-state index contributed by atoms with van der Waals surface area (Å²) >= 11 is 0. The fourth-order valence-electron chi connectivity index (χ4n) is 4.26. The van der Waals surface area contributed by atoms with Crippen molar-refractivity contribution in [1.82, 2.24) is 4.90 Å². The standard InChI is InChI=1S/C26H25N3O/c1-3-29(4-2)19-14-15-22-24(16-19)30-25-17-23(27-18-10-6-5-7-11-18)20-12-8-9-13-21(20)26(25)28-22/h5-17,19,27H,3-4H2,1-2H3/p+1. The van der Waals surface area contributed by atoms with Crippen LogP contribution in [-0.2, 0) is 0 Å². The molecule has 2 aliphatic rings. The largest absolute Gasteiger partial charge is 0.453 e. The van der Waals surface area contributed by atoms with E-state index in [1.807, 2.05) is 6.07 Å². The van der Waals surface area contributed by atoms with Gasteiger partial charge in [0.15, 0.2) is 11.5 Å². The number of rotatable bonds is 5. The number of quaternary nitrogens is 1. The maximum atomic E-state index is 6.42. The third-order valence-electron chi connectivity index (χ3n) is 5.85. The Morgan fingerprint density at radius 3 is 2.47 bits per heavy atom. The Kier molecular flexibility index (Phi) is 4.95. The van der Waals surface area contributed by atoms with Crippen molar-refractivity contribution in [2.75, 3.05) is 13.1 Å². The maximum Gasteiger partial charge on any atom is 0.159 e. The van der Waals surface area contributed by atoms with E-state index >= 15 is 0 Å². The second kappa shape index (κ2) is 7.90. The number of para-hydroxylation sites is 1. The van der Waals surface area contributed by atoms with Gasteiger partial charge in [-0.3, -0.25) is 10.2 Å². The molecule has 1 heterocycles. The molecule has 1 aliphatic heterocycles. The molecule has 1 atom stereocenters. The summed E-state index contributed by atoms with van der Waals surface area (Å²) in [5, 5.41) is 4.50. The van der Waals surface area contributed by atoms with Gasteiger partial charge in [0, 0.05) is 16.8 Å². The number of nitrogens with zero attached hydrogens (tertiary/aromatic N) is 2. The average molecular weight is 397 g/mol. The molecule has 0 bridgehead atoms. The maximum absolute atomic E-state index is 6.42. The van der Waals surface area contributed by atoms with E-state index in [1.54, 1.807) is 0 Å². The second-order valence-corrected chi connectivity index (χ2v) is 7.61. The predicted molar refractivity (Wildman–Crippen MR) is 123 cm³/mol. The first kappa shape index (κ1) is 18.8. The zero-order valence-electron chi connectivity index (χ0n) is 17.4. The van der Waals surface area contributed by atoms with Gasteiger partial charge in [-0.25, -0.2) is 4.99 Å². The zero-order valence-corrected chi connectivity index (χ0v) is 17.4. The molecular formula is C26H26N3O+. The Morgan fingerprint density at radius 1 is 0.967 bits per heavy atom. The van der Waals surface area contributed by atoms with Crippen LogP contribution in [0.4, 0.5) is 17.1 Å². The highest BCUT2D eigenvalue weighted by atomic mass is 16.5. The van der Waals surface area contributed by atoms with Crippen LogP contribution in [0.3, 0.4) is 0 Å². The topological polar surface area (TPSA) is 41.4 Å². The highest BCUT2D eigenvalue weighted by molar-refractivity contribution is 6.14. The molecule has 0 amide bonds. The van der Waals surface area contributed by atoms with Crippen molar-refractivity contribution in [3.63, 3.8) is 0 Å². The highest BCUT2D eigenvalue weighted by Crippen LogP contribution is 2.43. The zero-order chi connectivity index (χ0) is 20.5. The van der Waals surface area contributed by atoms with E-state index in [4.69, 9.17) is 9.73 Å². The van der Waals surface area contributed by atoms with Crippen LogP contribution in [0.25, 0.3) is 10.8 Å². The van der Waals surface area contributed by atoms with Gasteiger partial charge in [-0.1, -0.05) is 56.3 Å². The number of hydrogen-bond acceptors (Lipinski definition) is 3. The Labute approximate surface area is 177 Å². The van der Waals surface area contributed by atoms with Gasteiger partial charge in [0.25, 0.3) is 0 Å². The Balaban J connectivity index is 1.59. The van der Waals surface area contributed by atoms with E-state index in [0.717, 1.165) is 47.1 Å². The number of allylic oxidation sites excluding steroid dienone is 1. The van der Waals surface area contributed by atoms with E-state index in [0.29, 0.717) is 0 Å².